The summed E-state index contributed by atoms with van der Waals surface area (Å²) in [7, 11) is 0. The van der Waals surface area contributed by atoms with Crippen LogP contribution in [0.4, 0.5) is 0 Å². The summed E-state index contributed by atoms with van der Waals surface area (Å²) >= 11 is 0. The van der Waals surface area contributed by atoms with Gasteiger partial charge >= 0.3 is 0 Å². The van der Waals surface area contributed by atoms with Gasteiger partial charge in [0, 0.05) is 31.7 Å². The highest BCUT2D eigenvalue weighted by atomic mass is 16.5. The number of aromatic nitrogens is 1. The molecule has 6 heteroatoms. The van der Waals surface area contributed by atoms with E-state index in [4.69, 9.17) is 9.63 Å². The lowest BCUT2D eigenvalue weighted by Crippen LogP contribution is -2.39. The lowest BCUT2D eigenvalue weighted by Gasteiger charge is -2.13. The highest BCUT2D eigenvalue weighted by Gasteiger charge is 2.12. The lowest BCUT2D eigenvalue weighted by atomic mass is 9.99. The first kappa shape index (κ1) is 18.5. The summed E-state index contributed by atoms with van der Waals surface area (Å²) in [5.41, 5.74) is 1.02. The predicted molar refractivity (Wildman–Crippen MR) is 88.9 cm³/mol. The number of hydrogen-bond donors (Lipinski definition) is 3. The monoisotopic (exact) mass is 310 g/mol. The molecular formula is C16H30N4O2. The largest absolute Gasteiger partial charge is 0.396 e. The standard InChI is InChI=1S/C16H30N4O2/c1-5-13(6-2)15-8-14(22-20-15)10-19-16(17-7-3)18-9-12(4)11-21/h8,12-13,21H,5-7,9-11H2,1-4H3,(H2,17,18,19). The maximum atomic E-state index is 9.06. The molecule has 22 heavy (non-hydrogen) atoms. The van der Waals surface area contributed by atoms with Crippen LogP contribution in [-0.4, -0.2) is 35.9 Å². The first-order chi connectivity index (χ1) is 10.6. The van der Waals surface area contributed by atoms with Crippen molar-refractivity contribution in [1.82, 2.24) is 15.8 Å². The molecule has 1 aromatic heterocycles. The molecule has 1 aromatic rings. The van der Waals surface area contributed by atoms with Gasteiger partial charge in [0.1, 0.15) is 6.54 Å². The maximum Gasteiger partial charge on any atom is 0.191 e. The number of nitrogens with one attached hydrogen (secondary N) is 2. The van der Waals surface area contributed by atoms with Gasteiger partial charge in [-0.3, -0.25) is 0 Å². The molecule has 0 radical (unpaired) electrons. The number of aliphatic hydroxyl groups is 1. The van der Waals surface area contributed by atoms with Crippen LogP contribution in [0.15, 0.2) is 15.6 Å². The zero-order chi connectivity index (χ0) is 16.4. The van der Waals surface area contributed by atoms with Crippen molar-refractivity contribution in [2.75, 3.05) is 19.7 Å². The number of hydrogen-bond acceptors (Lipinski definition) is 4. The minimum atomic E-state index is 0.160. The van der Waals surface area contributed by atoms with Crippen molar-refractivity contribution >= 4 is 5.96 Å². The Labute approximate surface area is 133 Å². The minimum Gasteiger partial charge on any atom is -0.396 e. The number of guanidine groups is 1. The Morgan fingerprint density at radius 2 is 2.05 bits per heavy atom. The van der Waals surface area contributed by atoms with Crippen molar-refractivity contribution in [3.63, 3.8) is 0 Å². The van der Waals surface area contributed by atoms with E-state index in [1.54, 1.807) is 0 Å². The number of aliphatic hydroxyl groups excluding tert-OH is 1. The second-order valence-corrected chi connectivity index (χ2v) is 5.60. The molecule has 126 valence electrons. The van der Waals surface area contributed by atoms with E-state index in [0.29, 0.717) is 19.0 Å². The highest BCUT2D eigenvalue weighted by Crippen LogP contribution is 2.22. The van der Waals surface area contributed by atoms with Crippen LogP contribution in [0.2, 0.25) is 0 Å². The molecule has 1 unspecified atom stereocenters. The summed E-state index contributed by atoms with van der Waals surface area (Å²) in [4.78, 5) is 4.49. The van der Waals surface area contributed by atoms with Crippen LogP contribution in [0, 0.1) is 5.92 Å². The fourth-order valence-electron chi connectivity index (χ4n) is 2.14. The second kappa shape index (κ2) is 10.2. The molecule has 0 aliphatic carbocycles. The summed E-state index contributed by atoms with van der Waals surface area (Å²) in [6.07, 6.45) is 2.13. The van der Waals surface area contributed by atoms with E-state index in [-0.39, 0.29) is 12.5 Å². The molecule has 0 aliphatic heterocycles. The normalized spacial score (nSPS) is 13.5. The van der Waals surface area contributed by atoms with Crippen LogP contribution in [0.3, 0.4) is 0 Å². The molecule has 0 bridgehead atoms. The Bertz CT molecular complexity index is 441. The van der Waals surface area contributed by atoms with E-state index in [0.717, 1.165) is 36.8 Å². The van der Waals surface area contributed by atoms with Crippen molar-refractivity contribution in [1.29, 1.82) is 0 Å². The maximum absolute atomic E-state index is 9.06. The summed E-state index contributed by atoms with van der Waals surface area (Å²) in [6.45, 7) is 10.4. The van der Waals surface area contributed by atoms with Gasteiger partial charge in [-0.1, -0.05) is 25.9 Å². The zero-order valence-corrected chi connectivity index (χ0v) is 14.2. The Kier molecular flexibility index (Phi) is 8.58. The number of aliphatic imine (C=N–C) groups is 1. The molecule has 0 spiro atoms. The molecule has 0 saturated carbocycles. The molecule has 6 nitrogen and oxygen atoms in total. The van der Waals surface area contributed by atoms with Crippen molar-refractivity contribution < 1.29 is 9.63 Å². The van der Waals surface area contributed by atoms with Gasteiger partial charge < -0.3 is 20.3 Å². The smallest absolute Gasteiger partial charge is 0.191 e. The van der Waals surface area contributed by atoms with Crippen LogP contribution in [0.1, 0.15) is 57.9 Å². The van der Waals surface area contributed by atoms with Crippen molar-refractivity contribution in [3.8, 4) is 0 Å². The van der Waals surface area contributed by atoms with Crippen LogP contribution in [-0.2, 0) is 6.54 Å². The molecule has 1 rings (SSSR count). The van der Waals surface area contributed by atoms with Gasteiger partial charge in [0.05, 0.1) is 5.69 Å². The Morgan fingerprint density at radius 1 is 1.32 bits per heavy atom. The van der Waals surface area contributed by atoms with Crippen LogP contribution >= 0.6 is 0 Å². The summed E-state index contributed by atoms with van der Waals surface area (Å²) in [6, 6.07) is 2.00. The van der Waals surface area contributed by atoms with E-state index in [1.807, 2.05) is 19.9 Å². The van der Waals surface area contributed by atoms with Gasteiger partial charge in [0.15, 0.2) is 11.7 Å². The molecule has 0 aliphatic rings. The van der Waals surface area contributed by atoms with Crippen molar-refractivity contribution in [2.24, 2.45) is 10.9 Å². The van der Waals surface area contributed by atoms with Gasteiger partial charge in [-0.05, 0) is 25.7 Å². The Morgan fingerprint density at radius 3 is 2.64 bits per heavy atom. The van der Waals surface area contributed by atoms with E-state index >= 15 is 0 Å². The summed E-state index contributed by atoms with van der Waals surface area (Å²) in [5.74, 6) is 2.14. The molecule has 0 saturated heterocycles. The quantitative estimate of drug-likeness (QED) is 0.481. The SMILES string of the molecule is CCNC(=NCc1cc(C(CC)CC)no1)NCC(C)CO. The van der Waals surface area contributed by atoms with Gasteiger partial charge in [-0.25, -0.2) is 4.99 Å². The number of nitrogens with zero attached hydrogens (tertiary/aromatic N) is 2. The van der Waals surface area contributed by atoms with Gasteiger partial charge in [-0.15, -0.1) is 0 Å². The van der Waals surface area contributed by atoms with E-state index in [2.05, 4.69) is 34.6 Å². The fraction of sp³-hybridized carbons (Fsp3) is 0.750. The zero-order valence-electron chi connectivity index (χ0n) is 14.2. The average molecular weight is 310 g/mol. The molecule has 1 heterocycles. The third-order valence-electron chi connectivity index (χ3n) is 3.65. The van der Waals surface area contributed by atoms with E-state index < -0.39 is 0 Å². The minimum absolute atomic E-state index is 0.160. The molecule has 1 atom stereocenters. The number of rotatable bonds is 9. The third-order valence-corrected chi connectivity index (χ3v) is 3.65. The van der Waals surface area contributed by atoms with Crippen LogP contribution in [0.25, 0.3) is 0 Å². The van der Waals surface area contributed by atoms with Crippen molar-refractivity contribution in [2.45, 2.75) is 53.0 Å². The van der Waals surface area contributed by atoms with Crippen LogP contribution in [0.5, 0.6) is 0 Å². The van der Waals surface area contributed by atoms with Crippen molar-refractivity contribution in [3.05, 3.63) is 17.5 Å². The Hall–Kier alpha value is -1.56. The van der Waals surface area contributed by atoms with Crippen LogP contribution < -0.4 is 10.6 Å². The third kappa shape index (κ3) is 6.05. The fourth-order valence-corrected chi connectivity index (χ4v) is 2.14. The van der Waals surface area contributed by atoms with Gasteiger partial charge in [0.25, 0.3) is 0 Å². The first-order valence-electron chi connectivity index (χ1n) is 8.22. The van der Waals surface area contributed by atoms with E-state index in [9.17, 15) is 0 Å². The van der Waals surface area contributed by atoms with Gasteiger partial charge in [0.2, 0.25) is 0 Å². The molecule has 3 N–H and O–H groups in total. The lowest BCUT2D eigenvalue weighted by molar-refractivity contribution is 0.238. The highest BCUT2D eigenvalue weighted by molar-refractivity contribution is 5.79. The topological polar surface area (TPSA) is 82.7 Å². The summed E-state index contributed by atoms with van der Waals surface area (Å²) < 4.78 is 5.37. The van der Waals surface area contributed by atoms with Gasteiger partial charge in [-0.2, -0.15) is 0 Å². The predicted octanol–water partition coefficient (Wildman–Crippen LogP) is 2.26. The average Bonchev–Trinajstić information content (AvgIpc) is 2.99. The Balaban J connectivity index is 2.61. The summed E-state index contributed by atoms with van der Waals surface area (Å²) in [5, 5.41) is 19.6. The molecular weight excluding hydrogens is 280 g/mol. The second-order valence-electron chi connectivity index (χ2n) is 5.60. The molecule has 0 fully saturated rings. The molecule has 0 amide bonds. The molecule has 0 aromatic carbocycles. The van der Waals surface area contributed by atoms with E-state index in [1.165, 1.54) is 0 Å². The first-order valence-corrected chi connectivity index (χ1v) is 8.22.